The van der Waals surface area contributed by atoms with Crippen LogP contribution < -0.4 is 15.0 Å². The molecule has 0 spiro atoms. The molecule has 1 aliphatic heterocycles. The molecule has 0 radical (unpaired) electrons. The molecule has 1 aromatic heterocycles. The minimum atomic E-state index is -0.696. The van der Waals surface area contributed by atoms with Crippen molar-refractivity contribution < 1.29 is 14.6 Å². The monoisotopic (exact) mass is 328 g/mol. The SMILES string of the molecule is COc1nccnc1N1CC[C@@H](NC(=O)c2ccccc2)[C@H](O)C1. The molecule has 1 fully saturated rings. The van der Waals surface area contributed by atoms with Gasteiger partial charge >= 0.3 is 0 Å². The van der Waals surface area contributed by atoms with Crippen molar-refractivity contribution in [3.63, 3.8) is 0 Å². The van der Waals surface area contributed by atoms with Crippen LogP contribution in [0.3, 0.4) is 0 Å². The van der Waals surface area contributed by atoms with Gasteiger partial charge in [0.1, 0.15) is 0 Å². The number of hydrogen-bond acceptors (Lipinski definition) is 6. The highest BCUT2D eigenvalue weighted by Gasteiger charge is 2.31. The van der Waals surface area contributed by atoms with Crippen LogP contribution in [0.4, 0.5) is 5.82 Å². The summed E-state index contributed by atoms with van der Waals surface area (Å²) in [6.07, 6.45) is 3.07. The third-order valence-corrected chi connectivity index (χ3v) is 4.07. The minimum Gasteiger partial charge on any atom is -0.478 e. The molecule has 0 bridgehead atoms. The van der Waals surface area contributed by atoms with Gasteiger partial charge in [0.25, 0.3) is 11.8 Å². The molecule has 1 aromatic carbocycles. The molecule has 0 aliphatic carbocycles. The lowest BCUT2D eigenvalue weighted by Gasteiger charge is -2.37. The number of ether oxygens (including phenoxy) is 1. The molecule has 1 amide bonds. The number of carbonyl (C=O) groups is 1. The second-order valence-corrected chi connectivity index (χ2v) is 5.64. The van der Waals surface area contributed by atoms with Gasteiger partial charge in [-0.25, -0.2) is 9.97 Å². The van der Waals surface area contributed by atoms with E-state index < -0.39 is 6.10 Å². The van der Waals surface area contributed by atoms with Gasteiger partial charge in [-0.3, -0.25) is 4.79 Å². The van der Waals surface area contributed by atoms with E-state index in [4.69, 9.17) is 4.74 Å². The fraction of sp³-hybridized carbons (Fsp3) is 0.353. The van der Waals surface area contributed by atoms with Crippen molar-refractivity contribution >= 4 is 11.7 Å². The molecule has 7 heteroatoms. The molecule has 2 aromatic rings. The zero-order valence-corrected chi connectivity index (χ0v) is 13.4. The maximum Gasteiger partial charge on any atom is 0.257 e. The first kappa shape index (κ1) is 16.2. The Morgan fingerprint density at radius 2 is 2.04 bits per heavy atom. The van der Waals surface area contributed by atoms with Gasteiger partial charge < -0.3 is 20.1 Å². The number of aromatic nitrogens is 2. The van der Waals surface area contributed by atoms with Crippen LogP contribution in [-0.4, -0.2) is 53.3 Å². The molecular weight excluding hydrogens is 308 g/mol. The highest BCUT2D eigenvalue weighted by atomic mass is 16.5. The quantitative estimate of drug-likeness (QED) is 0.865. The number of nitrogens with zero attached hydrogens (tertiary/aromatic N) is 3. The Balaban J connectivity index is 1.64. The van der Waals surface area contributed by atoms with Gasteiger partial charge in [0.15, 0.2) is 5.82 Å². The Kier molecular flexibility index (Phi) is 4.90. The van der Waals surface area contributed by atoms with Crippen LogP contribution in [0.5, 0.6) is 5.88 Å². The Bertz CT molecular complexity index is 695. The van der Waals surface area contributed by atoms with Crippen molar-refractivity contribution in [1.82, 2.24) is 15.3 Å². The first-order valence-electron chi connectivity index (χ1n) is 7.83. The largest absolute Gasteiger partial charge is 0.478 e. The number of hydrogen-bond donors (Lipinski definition) is 2. The summed E-state index contributed by atoms with van der Waals surface area (Å²) >= 11 is 0. The van der Waals surface area contributed by atoms with E-state index in [1.807, 2.05) is 23.1 Å². The molecule has 1 aliphatic rings. The zero-order chi connectivity index (χ0) is 16.9. The Morgan fingerprint density at radius 1 is 1.29 bits per heavy atom. The van der Waals surface area contributed by atoms with Crippen molar-refractivity contribution in [1.29, 1.82) is 0 Å². The van der Waals surface area contributed by atoms with Gasteiger partial charge in [-0.05, 0) is 18.6 Å². The van der Waals surface area contributed by atoms with Crippen LogP contribution in [-0.2, 0) is 0 Å². The third kappa shape index (κ3) is 3.46. The summed E-state index contributed by atoms with van der Waals surface area (Å²) in [6.45, 7) is 1.00. The second kappa shape index (κ2) is 7.27. The van der Waals surface area contributed by atoms with E-state index in [1.165, 1.54) is 7.11 Å². The smallest absolute Gasteiger partial charge is 0.257 e. The predicted octanol–water partition coefficient (Wildman–Crippen LogP) is 0.855. The molecule has 126 valence electrons. The molecule has 0 unspecified atom stereocenters. The Hall–Kier alpha value is -2.67. The van der Waals surface area contributed by atoms with Crippen LogP contribution in [0.15, 0.2) is 42.7 Å². The van der Waals surface area contributed by atoms with Crippen LogP contribution in [0, 0.1) is 0 Å². The highest BCUT2D eigenvalue weighted by Crippen LogP contribution is 2.25. The van der Waals surface area contributed by atoms with Crippen molar-refractivity contribution in [2.24, 2.45) is 0 Å². The van der Waals surface area contributed by atoms with Gasteiger partial charge in [0.05, 0.1) is 19.3 Å². The summed E-state index contributed by atoms with van der Waals surface area (Å²) in [5.41, 5.74) is 0.586. The van der Waals surface area contributed by atoms with Gasteiger partial charge in [-0.1, -0.05) is 18.2 Å². The highest BCUT2D eigenvalue weighted by molar-refractivity contribution is 5.94. The molecule has 2 heterocycles. The van der Waals surface area contributed by atoms with E-state index in [0.29, 0.717) is 36.8 Å². The number of carbonyl (C=O) groups excluding carboxylic acids is 1. The van der Waals surface area contributed by atoms with Gasteiger partial charge in [-0.2, -0.15) is 0 Å². The molecule has 1 saturated heterocycles. The zero-order valence-electron chi connectivity index (χ0n) is 13.4. The summed E-state index contributed by atoms with van der Waals surface area (Å²) < 4.78 is 5.22. The lowest BCUT2D eigenvalue weighted by atomic mass is 10.0. The van der Waals surface area contributed by atoms with Gasteiger partial charge in [0.2, 0.25) is 0 Å². The van der Waals surface area contributed by atoms with E-state index in [0.717, 1.165) is 0 Å². The number of β-amino-alcohol motifs (C(OH)–C–C–N with tert-alkyl or cyclic N) is 1. The lowest BCUT2D eigenvalue weighted by molar-refractivity contribution is 0.0797. The van der Waals surface area contributed by atoms with Crippen LogP contribution in [0.25, 0.3) is 0 Å². The second-order valence-electron chi connectivity index (χ2n) is 5.64. The van der Waals surface area contributed by atoms with Crippen molar-refractivity contribution in [2.45, 2.75) is 18.6 Å². The number of piperidine rings is 1. The minimum absolute atomic E-state index is 0.176. The Morgan fingerprint density at radius 3 is 2.75 bits per heavy atom. The topological polar surface area (TPSA) is 87.6 Å². The summed E-state index contributed by atoms with van der Waals surface area (Å²) in [6, 6.07) is 8.69. The maximum atomic E-state index is 12.2. The summed E-state index contributed by atoms with van der Waals surface area (Å²) in [4.78, 5) is 22.6. The summed E-state index contributed by atoms with van der Waals surface area (Å²) in [7, 11) is 1.54. The fourth-order valence-electron chi connectivity index (χ4n) is 2.81. The fourth-order valence-corrected chi connectivity index (χ4v) is 2.81. The maximum absolute atomic E-state index is 12.2. The molecule has 2 N–H and O–H groups in total. The summed E-state index contributed by atoms with van der Waals surface area (Å²) in [5, 5.41) is 13.3. The van der Waals surface area contributed by atoms with E-state index >= 15 is 0 Å². The number of methoxy groups -OCH3 is 1. The van der Waals surface area contributed by atoms with Crippen LogP contribution in [0.2, 0.25) is 0 Å². The average Bonchev–Trinajstić information content (AvgIpc) is 2.64. The molecular formula is C17H20N4O3. The molecule has 0 saturated carbocycles. The predicted molar refractivity (Wildman–Crippen MR) is 89.1 cm³/mol. The first-order chi connectivity index (χ1) is 11.7. The van der Waals surface area contributed by atoms with E-state index in [9.17, 15) is 9.90 Å². The summed E-state index contributed by atoms with van der Waals surface area (Å²) in [5.74, 6) is 0.855. The van der Waals surface area contributed by atoms with Crippen LogP contribution in [0.1, 0.15) is 16.8 Å². The van der Waals surface area contributed by atoms with Gasteiger partial charge in [0, 0.05) is 31.0 Å². The van der Waals surface area contributed by atoms with Gasteiger partial charge in [-0.15, -0.1) is 0 Å². The molecule has 24 heavy (non-hydrogen) atoms. The van der Waals surface area contributed by atoms with E-state index in [1.54, 1.807) is 24.5 Å². The lowest BCUT2D eigenvalue weighted by Crippen LogP contribution is -2.54. The standard InChI is InChI=1S/C17H20N4O3/c1-24-17-15(18-8-9-19-17)21-10-7-13(14(22)11-21)20-16(23)12-5-3-2-4-6-12/h2-6,8-9,13-14,22H,7,10-11H2,1H3,(H,20,23)/t13-,14-/m1/s1. The molecule has 2 atom stereocenters. The number of rotatable bonds is 4. The van der Waals surface area contributed by atoms with Crippen molar-refractivity contribution in [2.75, 3.05) is 25.1 Å². The normalized spacial score (nSPS) is 20.5. The number of aliphatic hydroxyl groups is 1. The average molecular weight is 328 g/mol. The van der Waals surface area contributed by atoms with Crippen LogP contribution >= 0.6 is 0 Å². The number of benzene rings is 1. The molecule has 3 rings (SSSR count). The number of nitrogens with one attached hydrogen (secondary N) is 1. The van der Waals surface area contributed by atoms with Crippen molar-refractivity contribution in [3.8, 4) is 5.88 Å². The number of aliphatic hydroxyl groups excluding tert-OH is 1. The first-order valence-corrected chi connectivity index (χ1v) is 7.83. The van der Waals surface area contributed by atoms with E-state index in [-0.39, 0.29) is 11.9 Å². The molecule has 7 nitrogen and oxygen atoms in total. The number of anilines is 1. The van der Waals surface area contributed by atoms with E-state index in [2.05, 4.69) is 15.3 Å². The van der Waals surface area contributed by atoms with Crippen molar-refractivity contribution in [3.05, 3.63) is 48.3 Å². The Labute approximate surface area is 140 Å². The third-order valence-electron chi connectivity index (χ3n) is 4.07. The number of amides is 1.